The lowest BCUT2D eigenvalue weighted by atomic mass is 10.1. The van der Waals surface area contributed by atoms with Gasteiger partial charge in [0.25, 0.3) is 5.91 Å². The fourth-order valence-electron chi connectivity index (χ4n) is 1.23. The molecule has 0 heterocycles. The van der Waals surface area contributed by atoms with E-state index in [1.807, 2.05) is 0 Å². The van der Waals surface area contributed by atoms with Gasteiger partial charge in [-0.1, -0.05) is 13.0 Å². The van der Waals surface area contributed by atoms with Crippen LogP contribution in [-0.2, 0) is 4.79 Å². The summed E-state index contributed by atoms with van der Waals surface area (Å²) in [4.78, 5) is 22.3. The number of carbonyl (C=O) groups excluding carboxylic acids is 1. The summed E-state index contributed by atoms with van der Waals surface area (Å²) in [6.07, 6.45) is 0.305. The normalized spacial score (nSPS) is 11.8. The lowest BCUT2D eigenvalue weighted by molar-refractivity contribution is -0.139. The number of aliphatic carboxylic acids is 1. The highest BCUT2D eigenvalue weighted by Crippen LogP contribution is 2.10. The van der Waals surface area contributed by atoms with Crippen LogP contribution in [0.2, 0.25) is 0 Å². The van der Waals surface area contributed by atoms with E-state index in [4.69, 9.17) is 10.2 Å². The van der Waals surface area contributed by atoms with E-state index in [9.17, 15) is 9.59 Å². The first kappa shape index (κ1) is 12.0. The Bertz CT molecular complexity index is 403. The molecule has 0 saturated carbocycles. The summed E-state index contributed by atoms with van der Waals surface area (Å²) < 4.78 is 0. The fraction of sp³-hybridized carbons (Fsp3) is 0.273. The van der Waals surface area contributed by atoms with Gasteiger partial charge in [-0.25, -0.2) is 4.79 Å². The molecule has 0 aliphatic heterocycles. The molecule has 1 rings (SSSR count). The summed E-state index contributed by atoms with van der Waals surface area (Å²) in [5.74, 6) is -1.61. The topological polar surface area (TPSA) is 86.6 Å². The van der Waals surface area contributed by atoms with Gasteiger partial charge in [0.05, 0.1) is 0 Å². The van der Waals surface area contributed by atoms with Gasteiger partial charge in [-0.2, -0.15) is 0 Å². The standard InChI is InChI=1S/C11H13NO4/c1-2-9(11(15)16)12-10(14)7-4-3-5-8(13)6-7/h3-6,9,13H,2H2,1H3,(H,12,14)(H,15,16)/t9-/m0/s1. The number of carboxylic acid groups (broad SMARTS) is 1. The van der Waals surface area contributed by atoms with Crippen LogP contribution < -0.4 is 5.32 Å². The Hall–Kier alpha value is -2.04. The van der Waals surface area contributed by atoms with Crippen molar-refractivity contribution in [3.8, 4) is 5.75 Å². The Kier molecular flexibility index (Phi) is 3.88. The van der Waals surface area contributed by atoms with Gasteiger partial charge < -0.3 is 15.5 Å². The van der Waals surface area contributed by atoms with Crippen LogP contribution in [0.3, 0.4) is 0 Å². The van der Waals surface area contributed by atoms with E-state index in [1.165, 1.54) is 24.3 Å². The molecule has 0 aliphatic carbocycles. The van der Waals surface area contributed by atoms with Crippen molar-refractivity contribution < 1.29 is 19.8 Å². The van der Waals surface area contributed by atoms with Crippen LogP contribution in [0.15, 0.2) is 24.3 Å². The van der Waals surface area contributed by atoms with Gasteiger partial charge in [0.1, 0.15) is 11.8 Å². The minimum absolute atomic E-state index is 0.0315. The fourth-order valence-corrected chi connectivity index (χ4v) is 1.23. The zero-order valence-electron chi connectivity index (χ0n) is 8.80. The second-order valence-corrected chi connectivity index (χ2v) is 3.32. The number of phenols is 1. The number of nitrogens with one attached hydrogen (secondary N) is 1. The monoisotopic (exact) mass is 223 g/mol. The van der Waals surface area contributed by atoms with Crippen molar-refractivity contribution in [2.24, 2.45) is 0 Å². The average molecular weight is 223 g/mol. The van der Waals surface area contributed by atoms with Gasteiger partial charge in [-0.15, -0.1) is 0 Å². The van der Waals surface area contributed by atoms with Crippen molar-refractivity contribution in [3.63, 3.8) is 0 Å². The largest absolute Gasteiger partial charge is 0.508 e. The third-order valence-electron chi connectivity index (χ3n) is 2.12. The second-order valence-electron chi connectivity index (χ2n) is 3.32. The second kappa shape index (κ2) is 5.16. The predicted molar refractivity (Wildman–Crippen MR) is 57.3 cm³/mol. The molecule has 1 aromatic carbocycles. The summed E-state index contributed by atoms with van der Waals surface area (Å²) in [6.45, 7) is 1.67. The van der Waals surface area contributed by atoms with Crippen LogP contribution in [0.25, 0.3) is 0 Å². The maximum atomic E-state index is 11.6. The molecule has 3 N–H and O–H groups in total. The van der Waals surface area contributed by atoms with Gasteiger partial charge in [0.2, 0.25) is 0 Å². The van der Waals surface area contributed by atoms with Crippen molar-refractivity contribution in [1.82, 2.24) is 5.32 Å². The van der Waals surface area contributed by atoms with E-state index >= 15 is 0 Å². The summed E-state index contributed by atoms with van der Waals surface area (Å²) in [5.41, 5.74) is 0.236. The molecule has 0 saturated heterocycles. The van der Waals surface area contributed by atoms with Gasteiger partial charge in [0.15, 0.2) is 0 Å². The van der Waals surface area contributed by atoms with E-state index in [1.54, 1.807) is 6.92 Å². The lowest BCUT2D eigenvalue weighted by Crippen LogP contribution is -2.40. The number of rotatable bonds is 4. The molecule has 0 bridgehead atoms. The minimum Gasteiger partial charge on any atom is -0.508 e. The molecular weight excluding hydrogens is 210 g/mol. The molecule has 0 aliphatic rings. The molecular formula is C11H13NO4. The first-order chi connectivity index (χ1) is 7.54. The van der Waals surface area contributed by atoms with Crippen LogP contribution in [0.1, 0.15) is 23.7 Å². The van der Waals surface area contributed by atoms with E-state index in [0.29, 0.717) is 6.42 Å². The zero-order valence-corrected chi connectivity index (χ0v) is 8.80. The molecule has 16 heavy (non-hydrogen) atoms. The SMILES string of the molecule is CC[C@H](NC(=O)c1cccc(O)c1)C(=O)O. The first-order valence-corrected chi connectivity index (χ1v) is 4.87. The Morgan fingerprint density at radius 1 is 1.44 bits per heavy atom. The number of aromatic hydroxyl groups is 1. The highest BCUT2D eigenvalue weighted by Gasteiger charge is 2.18. The molecule has 1 aromatic rings. The van der Waals surface area contributed by atoms with Gasteiger partial charge in [-0.3, -0.25) is 4.79 Å². The van der Waals surface area contributed by atoms with E-state index in [0.717, 1.165) is 0 Å². The molecule has 5 nitrogen and oxygen atoms in total. The zero-order chi connectivity index (χ0) is 12.1. The molecule has 1 atom stereocenters. The molecule has 0 unspecified atom stereocenters. The average Bonchev–Trinajstić information content (AvgIpc) is 2.25. The number of hydrogen-bond donors (Lipinski definition) is 3. The number of amides is 1. The van der Waals surface area contributed by atoms with Crippen LogP contribution in [0.4, 0.5) is 0 Å². The highest BCUT2D eigenvalue weighted by atomic mass is 16.4. The molecule has 0 radical (unpaired) electrons. The molecule has 5 heteroatoms. The van der Waals surface area contributed by atoms with E-state index < -0.39 is 17.9 Å². The maximum absolute atomic E-state index is 11.6. The number of phenolic OH excluding ortho intramolecular Hbond substituents is 1. The summed E-state index contributed by atoms with van der Waals surface area (Å²) >= 11 is 0. The molecule has 86 valence electrons. The third kappa shape index (κ3) is 2.98. The Morgan fingerprint density at radius 3 is 2.62 bits per heavy atom. The van der Waals surface area contributed by atoms with Crippen molar-refractivity contribution in [3.05, 3.63) is 29.8 Å². The smallest absolute Gasteiger partial charge is 0.326 e. The van der Waals surface area contributed by atoms with E-state index in [2.05, 4.69) is 5.32 Å². The molecule has 1 amide bonds. The molecule has 0 aromatic heterocycles. The summed E-state index contributed by atoms with van der Waals surface area (Å²) in [6, 6.07) is 4.83. The predicted octanol–water partition coefficient (Wildman–Crippen LogP) is 0.985. The summed E-state index contributed by atoms with van der Waals surface area (Å²) in [7, 11) is 0. The number of carbonyl (C=O) groups is 2. The third-order valence-corrected chi connectivity index (χ3v) is 2.12. The lowest BCUT2D eigenvalue weighted by Gasteiger charge is -2.12. The molecule has 0 spiro atoms. The molecule has 0 fully saturated rings. The number of hydrogen-bond acceptors (Lipinski definition) is 3. The highest BCUT2D eigenvalue weighted by molar-refractivity contribution is 5.96. The Balaban J connectivity index is 2.75. The van der Waals surface area contributed by atoms with Crippen LogP contribution in [0, 0.1) is 0 Å². The minimum atomic E-state index is -1.07. The number of carboxylic acids is 1. The van der Waals surface area contributed by atoms with Crippen molar-refractivity contribution >= 4 is 11.9 Å². The van der Waals surface area contributed by atoms with Gasteiger partial charge in [0, 0.05) is 5.56 Å². The Morgan fingerprint density at radius 2 is 2.12 bits per heavy atom. The van der Waals surface area contributed by atoms with Crippen LogP contribution >= 0.6 is 0 Å². The quantitative estimate of drug-likeness (QED) is 0.710. The van der Waals surface area contributed by atoms with E-state index in [-0.39, 0.29) is 11.3 Å². The van der Waals surface area contributed by atoms with Crippen molar-refractivity contribution in [2.75, 3.05) is 0 Å². The Labute approximate surface area is 92.7 Å². The van der Waals surface area contributed by atoms with Crippen LogP contribution in [-0.4, -0.2) is 28.1 Å². The first-order valence-electron chi connectivity index (χ1n) is 4.87. The van der Waals surface area contributed by atoms with Crippen LogP contribution in [0.5, 0.6) is 5.75 Å². The van der Waals surface area contributed by atoms with Crippen molar-refractivity contribution in [2.45, 2.75) is 19.4 Å². The van der Waals surface area contributed by atoms with Gasteiger partial charge in [-0.05, 0) is 24.6 Å². The summed E-state index contributed by atoms with van der Waals surface area (Å²) in [5, 5.41) is 20.3. The van der Waals surface area contributed by atoms with Crippen molar-refractivity contribution in [1.29, 1.82) is 0 Å². The number of benzene rings is 1. The van der Waals surface area contributed by atoms with Gasteiger partial charge >= 0.3 is 5.97 Å². The maximum Gasteiger partial charge on any atom is 0.326 e.